The van der Waals surface area contributed by atoms with Gasteiger partial charge in [-0.3, -0.25) is 0 Å². The first-order chi connectivity index (χ1) is 7.92. The van der Waals surface area contributed by atoms with E-state index >= 15 is 0 Å². The van der Waals surface area contributed by atoms with Crippen LogP contribution in [-0.4, -0.2) is 13.1 Å². The van der Waals surface area contributed by atoms with Crippen LogP contribution in [0.15, 0.2) is 24.3 Å². The van der Waals surface area contributed by atoms with E-state index in [1.165, 1.54) is 30.5 Å². The van der Waals surface area contributed by atoms with Crippen LogP contribution in [0.1, 0.15) is 31.2 Å². The molecule has 0 fully saturated rings. The van der Waals surface area contributed by atoms with E-state index in [-0.39, 0.29) is 0 Å². The molecule has 1 aromatic carbocycles. The SMILES string of the molecule is N#CCCCN1CCCCc2ccccc21. The van der Waals surface area contributed by atoms with Gasteiger partial charge in [0, 0.05) is 25.2 Å². The maximum Gasteiger partial charge on any atom is 0.0622 e. The summed E-state index contributed by atoms with van der Waals surface area (Å²) in [6, 6.07) is 10.9. The number of hydrogen-bond donors (Lipinski definition) is 0. The third kappa shape index (κ3) is 2.55. The van der Waals surface area contributed by atoms with Gasteiger partial charge < -0.3 is 4.90 Å². The molecule has 0 radical (unpaired) electrons. The summed E-state index contributed by atoms with van der Waals surface area (Å²) in [6.07, 6.45) is 5.39. The summed E-state index contributed by atoms with van der Waals surface area (Å²) in [5, 5.41) is 8.58. The zero-order chi connectivity index (χ0) is 11.2. The fourth-order valence-corrected chi connectivity index (χ4v) is 2.35. The number of nitrogens with zero attached hydrogens (tertiary/aromatic N) is 2. The Bertz CT molecular complexity index is 379. The molecule has 1 aliphatic rings. The predicted molar refractivity (Wildman–Crippen MR) is 66.4 cm³/mol. The maximum absolute atomic E-state index is 8.58. The number of rotatable bonds is 3. The van der Waals surface area contributed by atoms with Crippen molar-refractivity contribution >= 4 is 5.69 Å². The molecule has 84 valence electrons. The minimum absolute atomic E-state index is 0.665. The van der Waals surface area contributed by atoms with E-state index in [0.29, 0.717) is 6.42 Å². The quantitative estimate of drug-likeness (QED) is 0.723. The summed E-state index contributed by atoms with van der Waals surface area (Å²) in [4.78, 5) is 2.44. The average molecular weight is 214 g/mol. The number of benzene rings is 1. The van der Waals surface area contributed by atoms with Crippen molar-refractivity contribution in [3.8, 4) is 6.07 Å². The zero-order valence-electron chi connectivity index (χ0n) is 9.65. The molecule has 0 aliphatic carbocycles. The summed E-state index contributed by atoms with van der Waals surface area (Å²) in [7, 11) is 0. The molecule has 16 heavy (non-hydrogen) atoms. The van der Waals surface area contributed by atoms with Crippen molar-refractivity contribution in [2.24, 2.45) is 0 Å². The van der Waals surface area contributed by atoms with Gasteiger partial charge in [-0.1, -0.05) is 18.2 Å². The lowest BCUT2D eigenvalue weighted by molar-refractivity contribution is 0.694. The van der Waals surface area contributed by atoms with Crippen molar-refractivity contribution in [3.05, 3.63) is 29.8 Å². The van der Waals surface area contributed by atoms with Crippen molar-refractivity contribution in [2.75, 3.05) is 18.0 Å². The number of nitriles is 1. The molecule has 0 N–H and O–H groups in total. The second-order valence-corrected chi connectivity index (χ2v) is 4.33. The second-order valence-electron chi connectivity index (χ2n) is 4.33. The molecular formula is C14H18N2. The molecule has 2 heteroatoms. The van der Waals surface area contributed by atoms with Crippen LogP contribution >= 0.6 is 0 Å². The van der Waals surface area contributed by atoms with E-state index < -0.39 is 0 Å². The van der Waals surface area contributed by atoms with E-state index in [0.717, 1.165) is 19.5 Å². The molecule has 2 nitrogen and oxygen atoms in total. The summed E-state index contributed by atoms with van der Waals surface area (Å²) < 4.78 is 0. The first-order valence-corrected chi connectivity index (χ1v) is 6.11. The summed E-state index contributed by atoms with van der Waals surface area (Å²) in [5.41, 5.74) is 2.86. The molecule has 0 spiro atoms. The van der Waals surface area contributed by atoms with E-state index in [9.17, 15) is 0 Å². The largest absolute Gasteiger partial charge is 0.371 e. The molecule has 1 aliphatic heterocycles. The molecule has 2 rings (SSSR count). The number of para-hydroxylation sites is 1. The van der Waals surface area contributed by atoms with Crippen LogP contribution in [-0.2, 0) is 6.42 Å². The highest BCUT2D eigenvalue weighted by molar-refractivity contribution is 5.54. The second kappa shape index (κ2) is 5.55. The topological polar surface area (TPSA) is 27.0 Å². The predicted octanol–water partition coefficient (Wildman–Crippen LogP) is 3.13. The zero-order valence-corrected chi connectivity index (χ0v) is 9.65. The van der Waals surface area contributed by atoms with Crippen LogP contribution in [0.5, 0.6) is 0 Å². The molecule has 0 amide bonds. The molecule has 1 heterocycles. The minimum atomic E-state index is 0.665. The lowest BCUT2D eigenvalue weighted by Crippen LogP contribution is -2.25. The van der Waals surface area contributed by atoms with Gasteiger partial charge in [-0.15, -0.1) is 0 Å². The van der Waals surface area contributed by atoms with Gasteiger partial charge in [0.15, 0.2) is 0 Å². The van der Waals surface area contributed by atoms with Crippen LogP contribution in [0.25, 0.3) is 0 Å². The highest BCUT2D eigenvalue weighted by Crippen LogP contribution is 2.26. The van der Waals surface area contributed by atoms with E-state index in [1.54, 1.807) is 0 Å². The molecular weight excluding hydrogens is 196 g/mol. The molecule has 0 aromatic heterocycles. The molecule has 0 saturated carbocycles. The van der Waals surface area contributed by atoms with Crippen molar-refractivity contribution in [2.45, 2.75) is 32.1 Å². The molecule has 1 aromatic rings. The average Bonchev–Trinajstić information content (AvgIpc) is 2.52. The Hall–Kier alpha value is -1.49. The first kappa shape index (κ1) is 11.0. The fraction of sp³-hybridized carbons (Fsp3) is 0.500. The third-order valence-electron chi connectivity index (χ3n) is 3.17. The Morgan fingerprint density at radius 2 is 2.12 bits per heavy atom. The van der Waals surface area contributed by atoms with Crippen molar-refractivity contribution < 1.29 is 0 Å². The molecule has 0 unspecified atom stereocenters. The number of anilines is 1. The summed E-state index contributed by atoms with van der Waals surface area (Å²) in [6.45, 7) is 2.16. The Kier molecular flexibility index (Phi) is 3.82. The minimum Gasteiger partial charge on any atom is -0.371 e. The van der Waals surface area contributed by atoms with Gasteiger partial charge in [0.1, 0.15) is 0 Å². The maximum atomic E-state index is 8.58. The standard InChI is InChI=1S/C14H18N2/c15-10-4-6-12-16-11-5-3-8-13-7-1-2-9-14(13)16/h1-2,7,9H,3-6,8,11-12H2. The lowest BCUT2D eigenvalue weighted by atomic mass is 10.1. The lowest BCUT2D eigenvalue weighted by Gasteiger charge is -2.24. The van der Waals surface area contributed by atoms with E-state index in [1.807, 2.05) is 0 Å². The van der Waals surface area contributed by atoms with Gasteiger partial charge >= 0.3 is 0 Å². The van der Waals surface area contributed by atoms with Crippen LogP contribution in [0.3, 0.4) is 0 Å². The normalized spacial score (nSPS) is 15.1. The highest BCUT2D eigenvalue weighted by atomic mass is 15.1. The van der Waals surface area contributed by atoms with Crippen molar-refractivity contribution in [1.29, 1.82) is 5.26 Å². The van der Waals surface area contributed by atoms with E-state index in [4.69, 9.17) is 5.26 Å². The summed E-state index contributed by atoms with van der Waals surface area (Å²) in [5.74, 6) is 0. The number of aryl methyl sites for hydroxylation is 1. The molecule has 0 bridgehead atoms. The number of hydrogen-bond acceptors (Lipinski definition) is 2. The van der Waals surface area contributed by atoms with Crippen molar-refractivity contribution in [1.82, 2.24) is 0 Å². The van der Waals surface area contributed by atoms with Gasteiger partial charge in [0.2, 0.25) is 0 Å². The van der Waals surface area contributed by atoms with Gasteiger partial charge in [-0.25, -0.2) is 0 Å². The number of unbranched alkanes of at least 4 members (excludes halogenated alkanes) is 1. The van der Waals surface area contributed by atoms with Crippen molar-refractivity contribution in [3.63, 3.8) is 0 Å². The van der Waals surface area contributed by atoms with E-state index in [2.05, 4.69) is 35.2 Å². The Morgan fingerprint density at radius 1 is 1.25 bits per heavy atom. The Morgan fingerprint density at radius 3 is 3.00 bits per heavy atom. The van der Waals surface area contributed by atoms with Crippen LogP contribution in [0.2, 0.25) is 0 Å². The highest BCUT2D eigenvalue weighted by Gasteiger charge is 2.13. The smallest absolute Gasteiger partial charge is 0.0622 e. The van der Waals surface area contributed by atoms with Gasteiger partial charge in [0.05, 0.1) is 6.07 Å². The van der Waals surface area contributed by atoms with Gasteiger partial charge in [0.25, 0.3) is 0 Å². The Balaban J connectivity index is 2.10. The first-order valence-electron chi connectivity index (χ1n) is 6.11. The van der Waals surface area contributed by atoms with Crippen LogP contribution in [0, 0.1) is 11.3 Å². The third-order valence-corrected chi connectivity index (χ3v) is 3.17. The monoisotopic (exact) mass is 214 g/mol. The molecule has 0 saturated heterocycles. The Labute approximate surface area is 97.5 Å². The van der Waals surface area contributed by atoms with Gasteiger partial charge in [-0.2, -0.15) is 5.26 Å². The van der Waals surface area contributed by atoms with Gasteiger partial charge in [-0.05, 0) is 37.3 Å². The number of fused-ring (bicyclic) bond motifs is 1. The van der Waals surface area contributed by atoms with Crippen LogP contribution < -0.4 is 4.90 Å². The van der Waals surface area contributed by atoms with Crippen LogP contribution in [0.4, 0.5) is 5.69 Å². The summed E-state index contributed by atoms with van der Waals surface area (Å²) >= 11 is 0. The molecule has 0 atom stereocenters. The fourth-order valence-electron chi connectivity index (χ4n) is 2.35.